The number of hydrogen-bond acceptors (Lipinski definition) is 5. The van der Waals surface area contributed by atoms with Crippen molar-refractivity contribution in [3.05, 3.63) is 18.2 Å². The first-order chi connectivity index (χ1) is 11.5. The molecule has 1 aromatic rings. The smallest absolute Gasteiger partial charge is 0.228 e. The van der Waals surface area contributed by atoms with Crippen LogP contribution in [0, 0.1) is 11.8 Å². The largest absolute Gasteiger partial charge is 0.497 e. The van der Waals surface area contributed by atoms with E-state index in [0.29, 0.717) is 30.2 Å². The topological polar surface area (TPSA) is 79.9 Å². The van der Waals surface area contributed by atoms with E-state index in [1.54, 1.807) is 25.3 Å². The van der Waals surface area contributed by atoms with Gasteiger partial charge in [-0.25, -0.2) is 0 Å². The molecule has 2 rings (SSSR count). The molecule has 0 bridgehead atoms. The van der Waals surface area contributed by atoms with Crippen molar-refractivity contribution in [2.75, 3.05) is 46.7 Å². The van der Waals surface area contributed by atoms with Gasteiger partial charge in [0.05, 0.1) is 31.7 Å². The van der Waals surface area contributed by atoms with E-state index in [4.69, 9.17) is 9.47 Å². The fourth-order valence-corrected chi connectivity index (χ4v) is 2.44. The maximum absolute atomic E-state index is 12.3. The molecule has 2 N–H and O–H groups in total. The van der Waals surface area contributed by atoms with Crippen molar-refractivity contribution < 1.29 is 19.1 Å². The molecule has 1 aliphatic rings. The fourth-order valence-electron chi connectivity index (χ4n) is 2.44. The molecule has 7 heteroatoms. The lowest BCUT2D eigenvalue weighted by Crippen LogP contribution is -2.33. The number of benzene rings is 1. The fraction of sp³-hybridized carbons (Fsp3) is 0.529. The maximum atomic E-state index is 12.3. The number of rotatable bonds is 8. The zero-order valence-electron chi connectivity index (χ0n) is 14.6. The first-order valence-electron chi connectivity index (χ1n) is 7.91. The van der Waals surface area contributed by atoms with Gasteiger partial charge in [0.15, 0.2) is 0 Å². The molecule has 0 heterocycles. The third kappa shape index (κ3) is 4.61. The number of carbonyl (C=O) groups is 2. The molecule has 132 valence electrons. The molecule has 0 saturated heterocycles. The van der Waals surface area contributed by atoms with E-state index < -0.39 is 0 Å². The lowest BCUT2D eigenvalue weighted by atomic mass is 10.2. The van der Waals surface area contributed by atoms with Gasteiger partial charge in [-0.05, 0) is 32.6 Å². The van der Waals surface area contributed by atoms with Crippen LogP contribution in [0.25, 0.3) is 0 Å². The summed E-state index contributed by atoms with van der Waals surface area (Å²) in [7, 11) is 6.99. The quantitative estimate of drug-likeness (QED) is 0.740. The van der Waals surface area contributed by atoms with Gasteiger partial charge in [0.1, 0.15) is 11.5 Å². The van der Waals surface area contributed by atoms with Gasteiger partial charge in [-0.1, -0.05) is 0 Å². The van der Waals surface area contributed by atoms with E-state index in [-0.39, 0.29) is 23.7 Å². The summed E-state index contributed by atoms with van der Waals surface area (Å²) in [5.41, 5.74) is 0.571. The van der Waals surface area contributed by atoms with Crippen LogP contribution >= 0.6 is 0 Å². The number of nitrogens with one attached hydrogen (secondary N) is 2. The standard InChI is InChI=1S/C17H25N3O4/c1-20(2)8-7-18-16(21)12-10-13(12)17(22)19-14-6-5-11(23-3)9-15(14)24-4/h5-6,9,12-13H,7-8,10H2,1-4H3,(H,18,21)(H,19,22). The molecule has 2 amide bonds. The normalized spacial score (nSPS) is 18.9. The Morgan fingerprint density at radius 3 is 2.50 bits per heavy atom. The molecule has 24 heavy (non-hydrogen) atoms. The first kappa shape index (κ1) is 18.1. The van der Waals surface area contributed by atoms with Crippen LogP contribution in [0.3, 0.4) is 0 Å². The highest BCUT2D eigenvalue weighted by molar-refractivity contribution is 6.00. The molecule has 2 unspecified atom stereocenters. The molecule has 1 aromatic carbocycles. The summed E-state index contributed by atoms with van der Waals surface area (Å²) in [6.07, 6.45) is 0.581. The number of ether oxygens (including phenoxy) is 2. The summed E-state index contributed by atoms with van der Waals surface area (Å²) in [6.45, 7) is 1.36. The number of carbonyl (C=O) groups excluding carboxylic acids is 2. The summed E-state index contributed by atoms with van der Waals surface area (Å²) in [6, 6.07) is 5.18. The van der Waals surface area contributed by atoms with Crippen LogP contribution in [0.2, 0.25) is 0 Å². The zero-order chi connectivity index (χ0) is 17.7. The van der Waals surface area contributed by atoms with Crippen LogP contribution < -0.4 is 20.1 Å². The number of nitrogens with zero attached hydrogens (tertiary/aromatic N) is 1. The second-order valence-electron chi connectivity index (χ2n) is 6.10. The Labute approximate surface area is 142 Å². The SMILES string of the molecule is COc1ccc(NC(=O)C2CC2C(=O)NCCN(C)C)c(OC)c1. The lowest BCUT2D eigenvalue weighted by molar-refractivity contribution is -0.125. The summed E-state index contributed by atoms with van der Waals surface area (Å²) >= 11 is 0. The molecule has 0 aromatic heterocycles. The minimum Gasteiger partial charge on any atom is -0.497 e. The monoisotopic (exact) mass is 335 g/mol. The van der Waals surface area contributed by atoms with Gasteiger partial charge in [0.25, 0.3) is 0 Å². The predicted molar refractivity (Wildman–Crippen MR) is 91.3 cm³/mol. The Morgan fingerprint density at radius 2 is 1.88 bits per heavy atom. The van der Waals surface area contributed by atoms with E-state index in [9.17, 15) is 9.59 Å². The Kier molecular flexibility index (Phi) is 6.03. The minimum atomic E-state index is -0.281. The highest BCUT2D eigenvalue weighted by Crippen LogP contribution is 2.40. The van der Waals surface area contributed by atoms with Crippen molar-refractivity contribution in [1.82, 2.24) is 10.2 Å². The summed E-state index contributed by atoms with van der Waals surface area (Å²) in [5.74, 6) is 0.433. The van der Waals surface area contributed by atoms with Crippen LogP contribution in [-0.4, -0.2) is 58.1 Å². The average Bonchev–Trinajstić information content (AvgIpc) is 3.35. The summed E-state index contributed by atoms with van der Waals surface area (Å²) in [5, 5.41) is 5.69. The minimum absolute atomic E-state index is 0.0568. The van der Waals surface area contributed by atoms with E-state index in [1.807, 2.05) is 19.0 Å². The van der Waals surface area contributed by atoms with Crippen LogP contribution in [0.4, 0.5) is 5.69 Å². The van der Waals surface area contributed by atoms with Crippen LogP contribution in [-0.2, 0) is 9.59 Å². The third-order valence-corrected chi connectivity index (χ3v) is 3.99. The van der Waals surface area contributed by atoms with Gasteiger partial charge in [0, 0.05) is 19.2 Å². The Hall–Kier alpha value is -2.28. The number of anilines is 1. The van der Waals surface area contributed by atoms with Crippen molar-refractivity contribution in [2.24, 2.45) is 11.8 Å². The molecule has 0 radical (unpaired) electrons. The third-order valence-electron chi connectivity index (χ3n) is 3.99. The molecular formula is C17H25N3O4. The van der Waals surface area contributed by atoms with E-state index in [0.717, 1.165) is 6.54 Å². The van der Waals surface area contributed by atoms with Crippen molar-refractivity contribution in [3.63, 3.8) is 0 Å². The van der Waals surface area contributed by atoms with Crippen molar-refractivity contribution >= 4 is 17.5 Å². The van der Waals surface area contributed by atoms with Gasteiger partial charge in [0.2, 0.25) is 11.8 Å². The highest BCUT2D eigenvalue weighted by atomic mass is 16.5. The van der Waals surface area contributed by atoms with Crippen LogP contribution in [0.1, 0.15) is 6.42 Å². The predicted octanol–water partition coefficient (Wildman–Crippen LogP) is 0.956. The Balaban J connectivity index is 1.87. The molecule has 0 spiro atoms. The van der Waals surface area contributed by atoms with E-state index >= 15 is 0 Å². The second-order valence-corrected chi connectivity index (χ2v) is 6.10. The van der Waals surface area contributed by atoms with Gasteiger partial charge < -0.3 is 25.0 Å². The van der Waals surface area contributed by atoms with Gasteiger partial charge in [-0.2, -0.15) is 0 Å². The van der Waals surface area contributed by atoms with Crippen molar-refractivity contribution in [3.8, 4) is 11.5 Å². The highest BCUT2D eigenvalue weighted by Gasteiger charge is 2.48. The summed E-state index contributed by atoms with van der Waals surface area (Å²) in [4.78, 5) is 26.3. The number of hydrogen-bond donors (Lipinski definition) is 2. The Bertz CT molecular complexity index is 603. The molecule has 0 aliphatic heterocycles. The van der Waals surface area contributed by atoms with Crippen LogP contribution in [0.5, 0.6) is 11.5 Å². The maximum Gasteiger partial charge on any atom is 0.228 e. The first-order valence-corrected chi connectivity index (χ1v) is 7.91. The molecule has 1 aliphatic carbocycles. The van der Waals surface area contributed by atoms with E-state index in [2.05, 4.69) is 10.6 Å². The van der Waals surface area contributed by atoms with Gasteiger partial charge in [-0.15, -0.1) is 0 Å². The van der Waals surface area contributed by atoms with Crippen molar-refractivity contribution in [2.45, 2.75) is 6.42 Å². The molecule has 7 nitrogen and oxygen atoms in total. The zero-order valence-corrected chi connectivity index (χ0v) is 14.6. The van der Waals surface area contributed by atoms with Gasteiger partial charge in [-0.3, -0.25) is 9.59 Å². The second kappa shape index (κ2) is 8.01. The number of methoxy groups -OCH3 is 2. The number of amides is 2. The van der Waals surface area contributed by atoms with Crippen LogP contribution in [0.15, 0.2) is 18.2 Å². The molecule has 2 atom stereocenters. The Morgan fingerprint density at radius 1 is 1.17 bits per heavy atom. The van der Waals surface area contributed by atoms with Crippen molar-refractivity contribution in [1.29, 1.82) is 0 Å². The van der Waals surface area contributed by atoms with E-state index in [1.165, 1.54) is 7.11 Å². The summed E-state index contributed by atoms with van der Waals surface area (Å²) < 4.78 is 10.4. The molecular weight excluding hydrogens is 310 g/mol. The average molecular weight is 335 g/mol. The molecule has 1 saturated carbocycles. The van der Waals surface area contributed by atoms with Gasteiger partial charge >= 0.3 is 0 Å². The molecule has 1 fully saturated rings. The number of likely N-dealkylation sites (N-methyl/N-ethyl adjacent to an activating group) is 1. The lowest BCUT2D eigenvalue weighted by Gasteiger charge is -2.12.